The average molecular weight is 259 g/mol. The highest BCUT2D eigenvalue weighted by Crippen LogP contribution is 2.38. The summed E-state index contributed by atoms with van der Waals surface area (Å²) < 4.78 is 11.0. The molecule has 1 unspecified atom stereocenters. The Morgan fingerprint density at radius 3 is 2.65 bits per heavy atom. The van der Waals surface area contributed by atoms with Crippen molar-refractivity contribution in [3.8, 4) is 0 Å². The standard InChI is InChI=1S/C13H19ClO3/c1-13(2,8-15)10-5-9(6-11(14)7-10)12-16-3-4-17-12/h5-6,10,12,15H,3-4,7-8H2,1-2H3. The molecule has 1 atom stereocenters. The van der Waals surface area contributed by atoms with Crippen molar-refractivity contribution in [2.24, 2.45) is 11.3 Å². The van der Waals surface area contributed by atoms with Crippen LogP contribution in [0.5, 0.6) is 0 Å². The molecule has 3 nitrogen and oxygen atoms in total. The Morgan fingerprint density at radius 1 is 1.41 bits per heavy atom. The summed E-state index contributed by atoms with van der Waals surface area (Å²) in [5.41, 5.74) is 0.795. The number of hydrogen-bond acceptors (Lipinski definition) is 3. The third-order valence-electron chi connectivity index (χ3n) is 3.44. The molecule has 1 saturated heterocycles. The summed E-state index contributed by atoms with van der Waals surface area (Å²) in [5.74, 6) is 0.216. The van der Waals surface area contributed by atoms with E-state index in [1.54, 1.807) is 0 Å². The van der Waals surface area contributed by atoms with Gasteiger partial charge in [-0.05, 0) is 23.8 Å². The second-order valence-electron chi connectivity index (χ2n) is 5.29. The first-order valence-corrected chi connectivity index (χ1v) is 6.32. The molecular weight excluding hydrogens is 240 g/mol. The second kappa shape index (κ2) is 5.11. The van der Waals surface area contributed by atoms with Gasteiger partial charge < -0.3 is 14.6 Å². The highest BCUT2D eigenvalue weighted by Gasteiger charge is 2.32. The van der Waals surface area contributed by atoms with Crippen LogP contribution in [0.15, 0.2) is 22.8 Å². The predicted octanol–water partition coefficient (Wildman–Crippen LogP) is 2.45. The maximum Gasteiger partial charge on any atom is 0.183 e. The molecule has 0 aromatic carbocycles. The topological polar surface area (TPSA) is 38.7 Å². The second-order valence-corrected chi connectivity index (χ2v) is 5.77. The van der Waals surface area contributed by atoms with E-state index in [4.69, 9.17) is 21.1 Å². The summed E-state index contributed by atoms with van der Waals surface area (Å²) in [6, 6.07) is 0. The summed E-state index contributed by atoms with van der Waals surface area (Å²) >= 11 is 6.18. The van der Waals surface area contributed by atoms with Crippen LogP contribution < -0.4 is 0 Å². The van der Waals surface area contributed by atoms with Crippen LogP contribution in [0, 0.1) is 11.3 Å². The van der Waals surface area contributed by atoms with Crippen LogP contribution in [-0.2, 0) is 9.47 Å². The molecule has 1 aliphatic carbocycles. The summed E-state index contributed by atoms with van der Waals surface area (Å²) in [4.78, 5) is 0. The van der Waals surface area contributed by atoms with Gasteiger partial charge in [0.05, 0.1) is 13.2 Å². The Balaban J connectivity index is 2.19. The summed E-state index contributed by atoms with van der Waals surface area (Å²) in [5, 5.41) is 10.2. The normalized spacial score (nSPS) is 26.9. The Bertz CT molecular complexity index is 341. The first-order chi connectivity index (χ1) is 8.03. The zero-order chi connectivity index (χ0) is 12.5. The first-order valence-electron chi connectivity index (χ1n) is 5.95. The Kier molecular flexibility index (Phi) is 3.93. The number of ether oxygens (including phenoxy) is 2. The average Bonchev–Trinajstić information content (AvgIpc) is 2.81. The van der Waals surface area contributed by atoms with Crippen molar-refractivity contribution in [1.29, 1.82) is 0 Å². The highest BCUT2D eigenvalue weighted by atomic mass is 35.5. The van der Waals surface area contributed by atoms with Crippen LogP contribution in [0.3, 0.4) is 0 Å². The largest absolute Gasteiger partial charge is 0.396 e. The van der Waals surface area contributed by atoms with E-state index >= 15 is 0 Å². The third-order valence-corrected chi connectivity index (χ3v) is 3.70. The zero-order valence-corrected chi connectivity index (χ0v) is 11.0. The maximum atomic E-state index is 9.43. The minimum atomic E-state index is -0.291. The molecule has 0 amide bonds. The quantitative estimate of drug-likeness (QED) is 0.845. The fourth-order valence-corrected chi connectivity index (χ4v) is 2.40. The fourth-order valence-electron chi connectivity index (χ4n) is 2.11. The number of rotatable bonds is 3. The Labute approximate surface area is 107 Å². The molecule has 1 fully saturated rings. The van der Waals surface area contributed by atoms with Gasteiger partial charge in [-0.15, -0.1) is 0 Å². The lowest BCUT2D eigenvalue weighted by Crippen LogP contribution is -2.29. The van der Waals surface area contributed by atoms with E-state index in [9.17, 15) is 5.11 Å². The monoisotopic (exact) mass is 258 g/mol. The molecule has 4 heteroatoms. The van der Waals surface area contributed by atoms with E-state index in [2.05, 4.69) is 6.08 Å². The predicted molar refractivity (Wildman–Crippen MR) is 66.7 cm³/mol. The van der Waals surface area contributed by atoms with Gasteiger partial charge in [-0.1, -0.05) is 31.5 Å². The van der Waals surface area contributed by atoms with Gasteiger partial charge in [-0.25, -0.2) is 0 Å². The molecule has 96 valence electrons. The summed E-state index contributed by atoms with van der Waals surface area (Å²) in [6.07, 6.45) is 4.52. The smallest absolute Gasteiger partial charge is 0.183 e. The van der Waals surface area contributed by atoms with Gasteiger partial charge in [-0.3, -0.25) is 0 Å². The van der Waals surface area contributed by atoms with E-state index in [1.807, 2.05) is 19.9 Å². The lowest BCUT2D eigenvalue weighted by atomic mass is 9.75. The zero-order valence-electron chi connectivity index (χ0n) is 10.3. The van der Waals surface area contributed by atoms with Crippen LogP contribution in [0.1, 0.15) is 20.3 Å². The van der Waals surface area contributed by atoms with E-state index in [0.717, 1.165) is 17.0 Å². The van der Waals surface area contributed by atoms with Crippen LogP contribution in [-0.4, -0.2) is 31.2 Å². The minimum Gasteiger partial charge on any atom is -0.396 e. The summed E-state index contributed by atoms with van der Waals surface area (Å²) in [6.45, 7) is 5.47. The third kappa shape index (κ3) is 2.91. The maximum absolute atomic E-state index is 9.43. The Morgan fingerprint density at radius 2 is 2.06 bits per heavy atom. The molecular formula is C13H19ClO3. The highest BCUT2D eigenvalue weighted by molar-refractivity contribution is 6.29. The molecule has 1 N–H and O–H groups in total. The van der Waals surface area contributed by atoms with Gasteiger partial charge in [0.25, 0.3) is 0 Å². The van der Waals surface area contributed by atoms with Gasteiger partial charge in [0, 0.05) is 17.2 Å². The number of aliphatic hydroxyl groups excluding tert-OH is 1. The van der Waals surface area contributed by atoms with Crippen molar-refractivity contribution in [2.45, 2.75) is 26.6 Å². The minimum absolute atomic E-state index is 0.137. The van der Waals surface area contributed by atoms with Crippen LogP contribution in [0.2, 0.25) is 0 Å². The molecule has 0 aromatic rings. The van der Waals surface area contributed by atoms with Crippen LogP contribution >= 0.6 is 11.6 Å². The van der Waals surface area contributed by atoms with Gasteiger partial charge in [0.2, 0.25) is 0 Å². The van der Waals surface area contributed by atoms with Crippen molar-refractivity contribution in [3.05, 3.63) is 22.8 Å². The molecule has 17 heavy (non-hydrogen) atoms. The number of halogens is 1. The summed E-state index contributed by atoms with van der Waals surface area (Å²) in [7, 11) is 0. The van der Waals surface area contributed by atoms with Gasteiger partial charge in [-0.2, -0.15) is 0 Å². The van der Waals surface area contributed by atoms with Crippen molar-refractivity contribution in [2.75, 3.05) is 19.8 Å². The first kappa shape index (κ1) is 13.1. The molecule has 0 spiro atoms. The van der Waals surface area contributed by atoms with Crippen molar-refractivity contribution in [1.82, 2.24) is 0 Å². The SMILES string of the molecule is CC(C)(CO)C1C=C(C2OCCO2)C=C(Cl)C1. The number of hydrogen-bond donors (Lipinski definition) is 1. The van der Waals surface area contributed by atoms with E-state index in [-0.39, 0.29) is 24.2 Å². The van der Waals surface area contributed by atoms with E-state index < -0.39 is 0 Å². The lowest BCUT2D eigenvalue weighted by Gasteiger charge is -2.33. The molecule has 0 aromatic heterocycles. The van der Waals surface area contributed by atoms with Crippen molar-refractivity contribution >= 4 is 11.6 Å². The van der Waals surface area contributed by atoms with E-state index in [0.29, 0.717) is 13.2 Å². The lowest BCUT2D eigenvalue weighted by molar-refractivity contribution is -0.00987. The van der Waals surface area contributed by atoms with Gasteiger partial charge in [0.1, 0.15) is 0 Å². The molecule has 0 saturated carbocycles. The molecule has 2 aliphatic rings. The number of allylic oxidation sites excluding steroid dienone is 2. The van der Waals surface area contributed by atoms with Crippen molar-refractivity contribution < 1.29 is 14.6 Å². The van der Waals surface area contributed by atoms with Crippen molar-refractivity contribution in [3.63, 3.8) is 0 Å². The van der Waals surface area contributed by atoms with Crippen LogP contribution in [0.4, 0.5) is 0 Å². The molecule has 1 aliphatic heterocycles. The van der Waals surface area contributed by atoms with E-state index in [1.165, 1.54) is 0 Å². The van der Waals surface area contributed by atoms with Gasteiger partial charge >= 0.3 is 0 Å². The van der Waals surface area contributed by atoms with Gasteiger partial charge in [0.15, 0.2) is 6.29 Å². The number of aliphatic hydroxyl groups is 1. The molecule has 2 rings (SSSR count). The molecule has 0 radical (unpaired) electrons. The molecule has 0 bridgehead atoms. The molecule has 1 heterocycles. The Hall–Kier alpha value is -0.350. The fraction of sp³-hybridized carbons (Fsp3) is 0.692. The van der Waals surface area contributed by atoms with Crippen LogP contribution in [0.25, 0.3) is 0 Å².